The summed E-state index contributed by atoms with van der Waals surface area (Å²) in [5.41, 5.74) is 6.98. The highest BCUT2D eigenvalue weighted by atomic mass is 79.9. The second kappa shape index (κ2) is 5.91. The molecule has 1 heterocycles. The van der Waals surface area contributed by atoms with Gasteiger partial charge in [-0.25, -0.2) is 8.78 Å². The van der Waals surface area contributed by atoms with Crippen molar-refractivity contribution >= 4 is 27.3 Å². The summed E-state index contributed by atoms with van der Waals surface area (Å²) in [6.07, 6.45) is 1.24. The molecule has 2 N–H and O–H groups in total. The molecule has 2 rings (SSSR count). The van der Waals surface area contributed by atoms with Gasteiger partial charge in [0.2, 0.25) is 0 Å². The number of aryl methyl sites for hydroxylation is 1. The third-order valence-electron chi connectivity index (χ3n) is 2.74. The van der Waals surface area contributed by atoms with Gasteiger partial charge in [-0.3, -0.25) is 0 Å². The predicted octanol–water partition coefficient (Wildman–Crippen LogP) is 4.42. The minimum Gasteiger partial charge on any atom is -0.324 e. The summed E-state index contributed by atoms with van der Waals surface area (Å²) in [6.45, 7) is 0. The van der Waals surface area contributed by atoms with Gasteiger partial charge in [-0.2, -0.15) is 11.3 Å². The van der Waals surface area contributed by atoms with Crippen LogP contribution in [0.1, 0.15) is 23.6 Å². The number of benzene rings is 1. The fourth-order valence-corrected chi connectivity index (χ4v) is 2.91. The van der Waals surface area contributed by atoms with Gasteiger partial charge in [0.1, 0.15) is 11.6 Å². The summed E-state index contributed by atoms with van der Waals surface area (Å²) in [5.74, 6) is -1.20. The second-order valence-electron chi connectivity index (χ2n) is 4.06. The first-order valence-corrected chi connectivity index (χ1v) is 7.22. The zero-order chi connectivity index (χ0) is 13.1. The van der Waals surface area contributed by atoms with E-state index in [1.165, 1.54) is 12.1 Å². The molecule has 0 bridgehead atoms. The number of hydrogen-bond acceptors (Lipinski definition) is 2. The van der Waals surface area contributed by atoms with Crippen LogP contribution >= 0.6 is 27.3 Å². The molecular formula is C13H12BrF2NS. The minimum atomic E-state index is -0.627. The van der Waals surface area contributed by atoms with E-state index in [1.807, 2.05) is 16.8 Å². The Kier molecular flexibility index (Phi) is 4.48. The number of rotatable bonds is 4. The van der Waals surface area contributed by atoms with Crippen molar-refractivity contribution in [1.82, 2.24) is 0 Å². The van der Waals surface area contributed by atoms with E-state index in [-0.39, 0.29) is 5.56 Å². The van der Waals surface area contributed by atoms with Gasteiger partial charge in [0.25, 0.3) is 0 Å². The summed E-state index contributed by atoms with van der Waals surface area (Å²) in [7, 11) is 0. The van der Waals surface area contributed by atoms with Crippen LogP contribution < -0.4 is 5.73 Å². The van der Waals surface area contributed by atoms with Gasteiger partial charge >= 0.3 is 0 Å². The Bertz CT molecular complexity index is 505. The lowest BCUT2D eigenvalue weighted by molar-refractivity contribution is 0.511. The molecule has 0 aliphatic rings. The first-order valence-electron chi connectivity index (χ1n) is 5.49. The lowest BCUT2D eigenvalue weighted by atomic mass is 10.00. The Labute approximate surface area is 117 Å². The fourth-order valence-electron chi connectivity index (χ4n) is 1.81. The van der Waals surface area contributed by atoms with Crippen LogP contribution in [0.3, 0.4) is 0 Å². The van der Waals surface area contributed by atoms with E-state index in [0.717, 1.165) is 12.0 Å². The van der Waals surface area contributed by atoms with E-state index in [9.17, 15) is 8.78 Å². The molecule has 1 atom stereocenters. The topological polar surface area (TPSA) is 26.0 Å². The van der Waals surface area contributed by atoms with E-state index in [2.05, 4.69) is 15.9 Å². The summed E-state index contributed by atoms with van der Waals surface area (Å²) in [6, 6.07) is 3.84. The Hall–Kier alpha value is -0.780. The van der Waals surface area contributed by atoms with Crippen LogP contribution in [-0.4, -0.2) is 0 Å². The molecule has 1 aromatic carbocycles. The van der Waals surface area contributed by atoms with Gasteiger partial charge in [0.15, 0.2) is 0 Å². The van der Waals surface area contributed by atoms with Crippen molar-refractivity contribution in [2.45, 2.75) is 18.9 Å². The lowest BCUT2D eigenvalue weighted by Crippen LogP contribution is -2.15. The molecule has 0 spiro atoms. The molecule has 18 heavy (non-hydrogen) atoms. The minimum absolute atomic E-state index is 0.0339. The summed E-state index contributed by atoms with van der Waals surface area (Å²) < 4.78 is 27.7. The van der Waals surface area contributed by atoms with Crippen LogP contribution in [0.15, 0.2) is 33.4 Å². The Morgan fingerprint density at radius 2 is 1.94 bits per heavy atom. The molecule has 1 unspecified atom stereocenters. The molecule has 96 valence electrons. The average Bonchev–Trinajstić information content (AvgIpc) is 2.77. The van der Waals surface area contributed by atoms with Crippen molar-refractivity contribution in [3.63, 3.8) is 0 Å². The maximum absolute atomic E-state index is 13.7. The first kappa shape index (κ1) is 13.6. The number of thiophene rings is 1. The molecule has 0 radical (unpaired) electrons. The third-order valence-corrected chi connectivity index (χ3v) is 3.93. The Morgan fingerprint density at radius 3 is 2.50 bits per heavy atom. The fraction of sp³-hybridized carbons (Fsp3) is 0.231. The second-order valence-corrected chi connectivity index (χ2v) is 5.76. The molecular weight excluding hydrogens is 320 g/mol. The normalized spacial score (nSPS) is 12.7. The van der Waals surface area contributed by atoms with Crippen molar-refractivity contribution < 1.29 is 8.78 Å². The molecule has 5 heteroatoms. The maximum Gasteiger partial charge on any atom is 0.132 e. The SMILES string of the molecule is NC(CCc1ccsc1)c1c(F)cc(Br)cc1F. The smallest absolute Gasteiger partial charge is 0.132 e. The largest absolute Gasteiger partial charge is 0.324 e. The Morgan fingerprint density at radius 1 is 1.28 bits per heavy atom. The van der Waals surface area contributed by atoms with Gasteiger partial charge in [-0.05, 0) is 47.4 Å². The highest BCUT2D eigenvalue weighted by Crippen LogP contribution is 2.26. The number of halogens is 3. The standard InChI is InChI=1S/C13H12BrF2NS/c14-9-5-10(15)13(11(16)6-9)12(17)2-1-8-3-4-18-7-8/h3-7,12H,1-2,17H2. The van der Waals surface area contributed by atoms with Crippen molar-refractivity contribution in [2.24, 2.45) is 5.73 Å². The zero-order valence-corrected chi connectivity index (χ0v) is 11.9. The van der Waals surface area contributed by atoms with E-state index in [0.29, 0.717) is 10.9 Å². The molecule has 0 amide bonds. The van der Waals surface area contributed by atoms with Crippen LogP contribution in [0.4, 0.5) is 8.78 Å². The van der Waals surface area contributed by atoms with Crippen LogP contribution in [-0.2, 0) is 6.42 Å². The zero-order valence-electron chi connectivity index (χ0n) is 9.50. The first-order chi connectivity index (χ1) is 8.58. The number of nitrogens with two attached hydrogens (primary N) is 1. The molecule has 2 aromatic rings. The van der Waals surface area contributed by atoms with Crippen molar-refractivity contribution in [2.75, 3.05) is 0 Å². The summed E-state index contributed by atoms with van der Waals surface area (Å²) >= 11 is 4.65. The Balaban J connectivity index is 2.11. The van der Waals surface area contributed by atoms with Gasteiger partial charge in [-0.1, -0.05) is 15.9 Å². The van der Waals surface area contributed by atoms with Crippen molar-refractivity contribution in [1.29, 1.82) is 0 Å². The van der Waals surface area contributed by atoms with Crippen LogP contribution in [0.2, 0.25) is 0 Å². The van der Waals surface area contributed by atoms with Gasteiger partial charge in [-0.15, -0.1) is 0 Å². The monoisotopic (exact) mass is 331 g/mol. The highest BCUT2D eigenvalue weighted by molar-refractivity contribution is 9.10. The van der Waals surface area contributed by atoms with Crippen molar-refractivity contribution in [3.05, 3.63) is 56.2 Å². The molecule has 1 nitrogen and oxygen atoms in total. The average molecular weight is 332 g/mol. The van der Waals surface area contributed by atoms with Gasteiger partial charge < -0.3 is 5.73 Å². The molecule has 0 aliphatic heterocycles. The van der Waals surface area contributed by atoms with Crippen LogP contribution in [0.5, 0.6) is 0 Å². The molecule has 0 aliphatic carbocycles. The summed E-state index contributed by atoms with van der Waals surface area (Å²) in [5, 5.41) is 3.99. The van der Waals surface area contributed by atoms with Crippen LogP contribution in [0.25, 0.3) is 0 Å². The molecule has 0 saturated carbocycles. The molecule has 0 saturated heterocycles. The quantitative estimate of drug-likeness (QED) is 0.881. The van der Waals surface area contributed by atoms with E-state index < -0.39 is 17.7 Å². The predicted molar refractivity (Wildman–Crippen MR) is 73.6 cm³/mol. The van der Waals surface area contributed by atoms with E-state index in [1.54, 1.807) is 11.3 Å². The maximum atomic E-state index is 13.7. The third kappa shape index (κ3) is 3.16. The van der Waals surface area contributed by atoms with Crippen LogP contribution in [0, 0.1) is 11.6 Å². The summed E-state index contributed by atoms with van der Waals surface area (Å²) in [4.78, 5) is 0. The van der Waals surface area contributed by atoms with Crippen molar-refractivity contribution in [3.8, 4) is 0 Å². The lowest BCUT2D eigenvalue weighted by Gasteiger charge is -2.14. The van der Waals surface area contributed by atoms with E-state index >= 15 is 0 Å². The van der Waals surface area contributed by atoms with E-state index in [4.69, 9.17) is 5.73 Å². The molecule has 1 aromatic heterocycles. The molecule has 0 fully saturated rings. The van der Waals surface area contributed by atoms with Gasteiger partial charge in [0, 0.05) is 16.1 Å². The number of hydrogen-bond donors (Lipinski definition) is 1. The highest BCUT2D eigenvalue weighted by Gasteiger charge is 2.17. The van der Waals surface area contributed by atoms with Gasteiger partial charge in [0.05, 0.1) is 0 Å².